The van der Waals surface area contributed by atoms with Gasteiger partial charge in [0, 0.05) is 6.07 Å². The first-order valence-corrected chi connectivity index (χ1v) is 8.35. The summed E-state index contributed by atoms with van der Waals surface area (Å²) < 4.78 is 7.63. The molecule has 4 heterocycles. The van der Waals surface area contributed by atoms with Crippen LogP contribution in [0.3, 0.4) is 0 Å². The first kappa shape index (κ1) is 13.9. The molecular weight excluding hydrogens is 278 g/mol. The van der Waals surface area contributed by atoms with Crippen molar-refractivity contribution in [1.29, 1.82) is 0 Å². The molecule has 2 unspecified atom stereocenters. The summed E-state index contributed by atoms with van der Waals surface area (Å²) >= 11 is 0. The molecule has 118 valence electrons. The molecule has 6 nitrogen and oxygen atoms in total. The summed E-state index contributed by atoms with van der Waals surface area (Å²) in [5.41, 5.74) is 2.03. The Balaban J connectivity index is 1.77. The monoisotopic (exact) mass is 301 g/mol. The van der Waals surface area contributed by atoms with Gasteiger partial charge in [-0.15, -0.1) is 0 Å². The van der Waals surface area contributed by atoms with E-state index in [-0.39, 0.29) is 0 Å². The van der Waals surface area contributed by atoms with Gasteiger partial charge < -0.3 is 9.64 Å². The van der Waals surface area contributed by atoms with Crippen molar-refractivity contribution < 1.29 is 4.74 Å². The highest BCUT2D eigenvalue weighted by Crippen LogP contribution is 2.33. The third-order valence-electron chi connectivity index (χ3n) is 4.73. The SMILES string of the molecule is CCCCc1cc2nc(C)nc(N3C4CCC3COC4)n2n1. The Morgan fingerprint density at radius 3 is 2.73 bits per heavy atom. The Hall–Kier alpha value is -1.69. The number of hydrogen-bond donors (Lipinski definition) is 0. The number of fused-ring (bicyclic) bond motifs is 3. The Bertz CT molecular complexity index is 666. The van der Waals surface area contributed by atoms with Crippen LogP contribution in [0.1, 0.15) is 44.1 Å². The van der Waals surface area contributed by atoms with Crippen molar-refractivity contribution in [2.75, 3.05) is 18.1 Å². The molecule has 2 aliphatic rings. The average Bonchev–Trinajstić information content (AvgIpc) is 3.02. The predicted molar refractivity (Wildman–Crippen MR) is 84.2 cm³/mol. The van der Waals surface area contributed by atoms with Gasteiger partial charge in [-0.2, -0.15) is 14.6 Å². The summed E-state index contributed by atoms with van der Waals surface area (Å²) in [4.78, 5) is 11.7. The highest BCUT2D eigenvalue weighted by molar-refractivity contribution is 5.49. The quantitative estimate of drug-likeness (QED) is 0.866. The molecule has 6 heteroatoms. The number of unbranched alkanes of at least 4 members (excludes halogenated alkanes) is 1. The van der Waals surface area contributed by atoms with E-state index in [4.69, 9.17) is 14.8 Å². The molecule has 0 aliphatic carbocycles. The van der Waals surface area contributed by atoms with Gasteiger partial charge in [0.2, 0.25) is 5.95 Å². The predicted octanol–water partition coefficient (Wildman–Crippen LogP) is 2.14. The number of ether oxygens (including phenoxy) is 1. The Kier molecular flexibility index (Phi) is 3.48. The van der Waals surface area contributed by atoms with E-state index in [1.54, 1.807) is 0 Å². The van der Waals surface area contributed by atoms with Crippen LogP contribution in [0.4, 0.5) is 5.95 Å². The molecule has 2 fully saturated rings. The maximum atomic E-state index is 5.69. The Morgan fingerprint density at radius 1 is 1.23 bits per heavy atom. The zero-order valence-corrected chi connectivity index (χ0v) is 13.3. The first-order chi connectivity index (χ1) is 10.8. The molecule has 4 rings (SSSR count). The van der Waals surface area contributed by atoms with Crippen molar-refractivity contribution in [2.24, 2.45) is 0 Å². The molecule has 0 amide bonds. The lowest BCUT2D eigenvalue weighted by molar-refractivity contribution is 0.0894. The molecule has 2 aromatic rings. The number of aromatic nitrogens is 4. The van der Waals surface area contributed by atoms with E-state index >= 15 is 0 Å². The summed E-state index contributed by atoms with van der Waals surface area (Å²) in [6.45, 7) is 5.76. The molecule has 2 aromatic heterocycles. The zero-order chi connectivity index (χ0) is 15.1. The van der Waals surface area contributed by atoms with Crippen molar-refractivity contribution in [3.63, 3.8) is 0 Å². The second-order valence-corrected chi connectivity index (χ2v) is 6.41. The van der Waals surface area contributed by atoms with Crippen molar-refractivity contribution in [3.8, 4) is 0 Å². The van der Waals surface area contributed by atoms with Crippen molar-refractivity contribution in [3.05, 3.63) is 17.6 Å². The van der Waals surface area contributed by atoms with E-state index in [1.165, 1.54) is 19.3 Å². The van der Waals surface area contributed by atoms with Gasteiger partial charge in [-0.25, -0.2) is 4.98 Å². The normalized spacial score (nSPS) is 24.4. The number of morpholine rings is 1. The number of nitrogens with zero attached hydrogens (tertiary/aromatic N) is 5. The number of rotatable bonds is 4. The molecule has 0 radical (unpaired) electrons. The summed E-state index contributed by atoms with van der Waals surface area (Å²) in [7, 11) is 0. The minimum Gasteiger partial charge on any atom is -0.377 e. The van der Waals surface area contributed by atoms with Gasteiger partial charge in [0.25, 0.3) is 0 Å². The van der Waals surface area contributed by atoms with Gasteiger partial charge in [-0.1, -0.05) is 13.3 Å². The second kappa shape index (κ2) is 5.50. The van der Waals surface area contributed by atoms with E-state index in [0.29, 0.717) is 12.1 Å². The van der Waals surface area contributed by atoms with E-state index in [9.17, 15) is 0 Å². The molecule has 22 heavy (non-hydrogen) atoms. The fraction of sp³-hybridized carbons (Fsp3) is 0.688. The maximum absolute atomic E-state index is 5.69. The minimum absolute atomic E-state index is 0.430. The molecule has 0 spiro atoms. The number of aryl methyl sites for hydroxylation is 2. The second-order valence-electron chi connectivity index (χ2n) is 6.41. The Morgan fingerprint density at radius 2 is 2.00 bits per heavy atom. The van der Waals surface area contributed by atoms with Crippen molar-refractivity contribution in [1.82, 2.24) is 19.6 Å². The van der Waals surface area contributed by atoms with Gasteiger partial charge in [0.15, 0.2) is 5.65 Å². The summed E-state index contributed by atoms with van der Waals surface area (Å²) in [6.07, 6.45) is 5.71. The third kappa shape index (κ3) is 2.26. The lowest BCUT2D eigenvalue weighted by Crippen LogP contribution is -2.47. The Labute approximate surface area is 130 Å². The standard InChI is InChI=1S/C16H23N5O/c1-3-4-5-12-8-15-17-11(2)18-16(21(15)19-12)20-13-6-7-14(20)10-22-9-13/h8,13-14H,3-7,9-10H2,1-2H3. The summed E-state index contributed by atoms with van der Waals surface area (Å²) in [5.74, 6) is 1.76. The van der Waals surface area contributed by atoms with Crippen molar-refractivity contribution in [2.45, 2.75) is 58.0 Å². The van der Waals surface area contributed by atoms with Crippen LogP contribution in [0.15, 0.2) is 6.07 Å². The largest absolute Gasteiger partial charge is 0.377 e. The molecule has 2 saturated heterocycles. The molecule has 2 atom stereocenters. The number of hydrogen-bond acceptors (Lipinski definition) is 5. The van der Waals surface area contributed by atoms with Gasteiger partial charge in [-0.05, 0) is 32.6 Å². The van der Waals surface area contributed by atoms with Crippen LogP contribution in [0, 0.1) is 6.92 Å². The third-order valence-corrected chi connectivity index (χ3v) is 4.73. The van der Waals surface area contributed by atoms with E-state index in [0.717, 1.165) is 49.2 Å². The zero-order valence-electron chi connectivity index (χ0n) is 13.3. The van der Waals surface area contributed by atoms with Crippen LogP contribution in [0.25, 0.3) is 5.65 Å². The van der Waals surface area contributed by atoms with Crippen LogP contribution in [0.2, 0.25) is 0 Å². The topological polar surface area (TPSA) is 55.5 Å². The smallest absolute Gasteiger partial charge is 0.230 e. The van der Waals surface area contributed by atoms with Gasteiger partial charge in [0.05, 0.1) is 31.0 Å². The minimum atomic E-state index is 0.430. The molecule has 2 aliphatic heterocycles. The van der Waals surface area contributed by atoms with Crippen LogP contribution in [-0.4, -0.2) is 44.9 Å². The lowest BCUT2D eigenvalue weighted by Gasteiger charge is -2.35. The fourth-order valence-corrected chi connectivity index (χ4v) is 3.63. The van der Waals surface area contributed by atoms with Crippen LogP contribution < -0.4 is 4.90 Å². The van der Waals surface area contributed by atoms with E-state index in [1.807, 2.05) is 11.4 Å². The highest BCUT2D eigenvalue weighted by atomic mass is 16.5. The van der Waals surface area contributed by atoms with Gasteiger partial charge in [-0.3, -0.25) is 0 Å². The summed E-state index contributed by atoms with van der Waals surface area (Å²) in [6, 6.07) is 2.97. The van der Waals surface area contributed by atoms with Crippen molar-refractivity contribution >= 4 is 11.6 Å². The summed E-state index contributed by atoms with van der Waals surface area (Å²) in [5, 5.41) is 4.77. The van der Waals surface area contributed by atoms with Gasteiger partial charge >= 0.3 is 0 Å². The molecule has 0 N–H and O–H groups in total. The fourth-order valence-electron chi connectivity index (χ4n) is 3.63. The average molecular weight is 301 g/mol. The number of anilines is 1. The molecular formula is C16H23N5O. The lowest BCUT2D eigenvalue weighted by atomic mass is 10.2. The van der Waals surface area contributed by atoms with Gasteiger partial charge in [0.1, 0.15) is 5.82 Å². The van der Waals surface area contributed by atoms with Crippen LogP contribution in [0.5, 0.6) is 0 Å². The van der Waals surface area contributed by atoms with Crippen LogP contribution in [-0.2, 0) is 11.2 Å². The molecule has 0 aromatic carbocycles. The van der Waals surface area contributed by atoms with E-state index in [2.05, 4.69) is 22.9 Å². The van der Waals surface area contributed by atoms with Crippen LogP contribution >= 0.6 is 0 Å². The molecule has 2 bridgehead atoms. The highest BCUT2D eigenvalue weighted by Gasteiger charge is 2.39. The molecule has 0 saturated carbocycles. The maximum Gasteiger partial charge on any atom is 0.230 e. The first-order valence-electron chi connectivity index (χ1n) is 8.35. The van der Waals surface area contributed by atoms with E-state index < -0.39 is 0 Å².